The van der Waals surface area contributed by atoms with E-state index in [1.165, 1.54) is 18.9 Å². The second-order valence-corrected chi connectivity index (χ2v) is 9.14. The highest BCUT2D eigenvalue weighted by atomic mass is 35.5. The number of hydrogen-bond acceptors (Lipinski definition) is 2. The standard InChI is InChI=1S/C22H22Cl2FN3O/c23-17-2-1-3-18(24)20(17)26-21(29)28-13-22(16-12-14(25)4-7-19(16)28)8-10-27(11-9-22)15-5-6-15/h1-4,7,12,15H,5-6,8-11,13H2,(H,26,29). The van der Waals surface area contributed by atoms with Crippen LogP contribution in [-0.4, -0.2) is 36.6 Å². The second kappa shape index (κ2) is 7.15. The van der Waals surface area contributed by atoms with Crippen LogP contribution in [-0.2, 0) is 5.41 Å². The minimum atomic E-state index is -0.297. The van der Waals surface area contributed by atoms with E-state index < -0.39 is 0 Å². The lowest BCUT2D eigenvalue weighted by atomic mass is 9.74. The van der Waals surface area contributed by atoms with Gasteiger partial charge in [0.05, 0.1) is 15.7 Å². The van der Waals surface area contributed by atoms with E-state index in [2.05, 4.69) is 10.2 Å². The molecule has 1 saturated carbocycles. The highest BCUT2D eigenvalue weighted by molar-refractivity contribution is 6.39. The molecule has 2 amide bonds. The van der Waals surface area contributed by atoms with Gasteiger partial charge in [-0.15, -0.1) is 0 Å². The lowest BCUT2D eigenvalue weighted by molar-refractivity contribution is 0.159. The molecule has 4 nitrogen and oxygen atoms in total. The van der Waals surface area contributed by atoms with E-state index in [0.717, 1.165) is 43.2 Å². The Hall–Kier alpha value is -1.82. The van der Waals surface area contributed by atoms with Crippen molar-refractivity contribution in [1.82, 2.24) is 4.90 Å². The van der Waals surface area contributed by atoms with Crippen molar-refractivity contribution in [2.45, 2.75) is 37.1 Å². The van der Waals surface area contributed by atoms with E-state index in [1.807, 2.05) is 0 Å². The smallest absolute Gasteiger partial charge is 0.305 e. The number of fused-ring (bicyclic) bond motifs is 2. The first-order valence-corrected chi connectivity index (χ1v) is 10.8. The summed E-state index contributed by atoms with van der Waals surface area (Å²) in [6, 6.07) is 10.3. The molecule has 7 heteroatoms. The maximum absolute atomic E-state index is 14.1. The highest BCUT2D eigenvalue weighted by Crippen LogP contribution is 2.48. The van der Waals surface area contributed by atoms with Gasteiger partial charge in [0.1, 0.15) is 5.82 Å². The summed E-state index contributed by atoms with van der Waals surface area (Å²) in [6.45, 7) is 2.52. The Morgan fingerprint density at radius 3 is 2.45 bits per heavy atom. The van der Waals surface area contributed by atoms with E-state index in [0.29, 0.717) is 22.3 Å². The molecule has 1 aliphatic carbocycles. The predicted octanol–water partition coefficient (Wildman–Crippen LogP) is 5.68. The van der Waals surface area contributed by atoms with Gasteiger partial charge >= 0.3 is 6.03 Å². The molecular formula is C22H22Cl2FN3O. The number of anilines is 2. The molecule has 0 radical (unpaired) electrons. The zero-order chi connectivity index (χ0) is 20.2. The lowest BCUT2D eigenvalue weighted by Crippen LogP contribution is -2.47. The van der Waals surface area contributed by atoms with Crippen LogP contribution in [0.3, 0.4) is 0 Å². The molecule has 2 heterocycles. The Kier molecular flexibility index (Phi) is 4.72. The number of urea groups is 1. The third kappa shape index (κ3) is 3.39. The maximum Gasteiger partial charge on any atom is 0.326 e. The largest absolute Gasteiger partial charge is 0.326 e. The van der Waals surface area contributed by atoms with Gasteiger partial charge in [0.25, 0.3) is 0 Å². The van der Waals surface area contributed by atoms with Gasteiger partial charge in [-0.3, -0.25) is 4.90 Å². The highest BCUT2D eigenvalue weighted by Gasteiger charge is 2.48. The fourth-order valence-electron chi connectivity index (χ4n) is 4.80. The fraction of sp³-hybridized carbons (Fsp3) is 0.409. The molecule has 5 rings (SSSR count). The molecule has 0 unspecified atom stereocenters. The van der Waals surface area contributed by atoms with Crippen molar-refractivity contribution in [2.24, 2.45) is 0 Å². The summed E-state index contributed by atoms with van der Waals surface area (Å²) in [7, 11) is 0. The zero-order valence-electron chi connectivity index (χ0n) is 15.9. The zero-order valence-corrected chi connectivity index (χ0v) is 17.4. The number of para-hydroxylation sites is 1. The summed E-state index contributed by atoms with van der Waals surface area (Å²) < 4.78 is 14.1. The number of amides is 2. The fourth-order valence-corrected chi connectivity index (χ4v) is 5.29. The van der Waals surface area contributed by atoms with E-state index >= 15 is 0 Å². The van der Waals surface area contributed by atoms with E-state index in [4.69, 9.17) is 23.2 Å². The monoisotopic (exact) mass is 433 g/mol. The number of carbonyl (C=O) groups is 1. The average Bonchev–Trinajstić information content (AvgIpc) is 3.50. The first-order valence-electron chi connectivity index (χ1n) is 10.0. The normalized spacial score (nSPS) is 20.7. The molecule has 2 aromatic rings. The summed E-state index contributed by atoms with van der Waals surface area (Å²) in [4.78, 5) is 17.4. The number of hydrogen-bond donors (Lipinski definition) is 1. The number of carbonyl (C=O) groups excluding carboxylic acids is 1. The van der Waals surface area contributed by atoms with Crippen LogP contribution < -0.4 is 10.2 Å². The summed E-state index contributed by atoms with van der Waals surface area (Å²) in [6.07, 6.45) is 4.42. The Morgan fingerprint density at radius 1 is 1.10 bits per heavy atom. The van der Waals surface area contributed by atoms with Crippen LogP contribution in [0.1, 0.15) is 31.2 Å². The number of nitrogens with one attached hydrogen (secondary N) is 1. The lowest BCUT2D eigenvalue weighted by Gasteiger charge is -2.40. The Morgan fingerprint density at radius 2 is 1.79 bits per heavy atom. The Bertz CT molecular complexity index is 950. The molecule has 1 N–H and O–H groups in total. The van der Waals surface area contributed by atoms with E-state index in [-0.39, 0.29) is 17.3 Å². The maximum atomic E-state index is 14.1. The molecule has 0 atom stereocenters. The van der Waals surface area contributed by atoms with Crippen LogP contribution in [0.4, 0.5) is 20.6 Å². The first kappa shape index (κ1) is 19.2. The molecular weight excluding hydrogens is 412 g/mol. The number of rotatable bonds is 2. The van der Waals surface area contributed by atoms with Gasteiger partial charge in [-0.2, -0.15) is 0 Å². The van der Waals surface area contributed by atoms with Gasteiger partial charge in [-0.1, -0.05) is 29.3 Å². The SMILES string of the molecule is O=C(Nc1c(Cl)cccc1Cl)N1CC2(CCN(C3CC3)CC2)c2cc(F)ccc21. The van der Waals surface area contributed by atoms with Crippen LogP contribution in [0, 0.1) is 5.82 Å². The predicted molar refractivity (Wildman–Crippen MR) is 115 cm³/mol. The number of halogens is 3. The first-order chi connectivity index (χ1) is 14.0. The van der Waals surface area contributed by atoms with Crippen LogP contribution >= 0.6 is 23.2 Å². The molecule has 0 bridgehead atoms. The molecule has 2 aromatic carbocycles. The van der Waals surface area contributed by atoms with Crippen molar-refractivity contribution in [3.05, 3.63) is 57.8 Å². The summed E-state index contributed by atoms with van der Waals surface area (Å²) >= 11 is 12.4. The van der Waals surface area contributed by atoms with Gasteiger partial charge in [0, 0.05) is 23.7 Å². The van der Waals surface area contributed by atoms with Crippen LogP contribution in [0.15, 0.2) is 36.4 Å². The molecule has 2 aliphatic heterocycles. The molecule has 1 spiro atoms. The summed E-state index contributed by atoms with van der Waals surface area (Å²) in [5.74, 6) is -0.260. The summed E-state index contributed by atoms with van der Waals surface area (Å²) in [5, 5.41) is 3.63. The average molecular weight is 434 g/mol. The molecule has 29 heavy (non-hydrogen) atoms. The van der Waals surface area contributed by atoms with Crippen molar-refractivity contribution in [2.75, 3.05) is 29.9 Å². The van der Waals surface area contributed by atoms with Crippen LogP contribution in [0.25, 0.3) is 0 Å². The van der Waals surface area contributed by atoms with Crippen molar-refractivity contribution < 1.29 is 9.18 Å². The van der Waals surface area contributed by atoms with Crippen molar-refractivity contribution in [3.63, 3.8) is 0 Å². The molecule has 152 valence electrons. The molecule has 2 fully saturated rings. The van der Waals surface area contributed by atoms with E-state index in [9.17, 15) is 9.18 Å². The van der Waals surface area contributed by atoms with Crippen LogP contribution in [0.2, 0.25) is 10.0 Å². The topological polar surface area (TPSA) is 35.6 Å². The van der Waals surface area contributed by atoms with Gasteiger partial charge in [-0.05, 0) is 74.7 Å². The second-order valence-electron chi connectivity index (χ2n) is 8.32. The van der Waals surface area contributed by atoms with Crippen LogP contribution in [0.5, 0.6) is 0 Å². The van der Waals surface area contributed by atoms with Gasteiger partial charge in [-0.25, -0.2) is 9.18 Å². The number of benzene rings is 2. The molecule has 0 aromatic heterocycles. The Balaban J connectivity index is 1.43. The van der Waals surface area contributed by atoms with Crippen molar-refractivity contribution >= 4 is 40.6 Å². The Labute approximate surface area is 179 Å². The quantitative estimate of drug-likeness (QED) is 0.660. The van der Waals surface area contributed by atoms with Crippen molar-refractivity contribution in [1.29, 1.82) is 0 Å². The number of likely N-dealkylation sites (tertiary alicyclic amines) is 1. The van der Waals surface area contributed by atoms with Gasteiger partial charge in [0.2, 0.25) is 0 Å². The van der Waals surface area contributed by atoms with E-state index in [1.54, 1.807) is 35.2 Å². The minimum absolute atomic E-state index is 0.204. The van der Waals surface area contributed by atoms with Crippen molar-refractivity contribution in [3.8, 4) is 0 Å². The van der Waals surface area contributed by atoms with Gasteiger partial charge < -0.3 is 10.2 Å². The third-order valence-electron chi connectivity index (χ3n) is 6.54. The van der Waals surface area contributed by atoms with Gasteiger partial charge in [0.15, 0.2) is 0 Å². The number of nitrogens with zero attached hydrogens (tertiary/aromatic N) is 2. The number of piperidine rings is 1. The third-order valence-corrected chi connectivity index (χ3v) is 7.17. The minimum Gasteiger partial charge on any atom is -0.305 e. The molecule has 1 saturated heterocycles. The molecule has 3 aliphatic rings. The summed E-state index contributed by atoms with van der Waals surface area (Å²) in [5.41, 5.74) is 1.90.